The predicted molar refractivity (Wildman–Crippen MR) is 178 cm³/mol. The van der Waals surface area contributed by atoms with Crippen LogP contribution in [0.3, 0.4) is 0 Å². The van der Waals surface area contributed by atoms with Crippen molar-refractivity contribution >= 4 is 10.4 Å². The monoisotopic (exact) mass is 609 g/mol. The molecule has 0 aliphatic rings. The Morgan fingerprint density at radius 2 is 0.585 bits per heavy atom. The Labute approximate surface area is 256 Å². The van der Waals surface area contributed by atoms with Gasteiger partial charge in [-0.25, -0.2) is 0 Å². The molecule has 0 spiro atoms. The van der Waals surface area contributed by atoms with E-state index >= 15 is 0 Å². The molecule has 0 atom stereocenters. The lowest BCUT2D eigenvalue weighted by molar-refractivity contribution is 0.282. The van der Waals surface area contributed by atoms with E-state index < -0.39 is 10.4 Å². The third-order valence-corrected chi connectivity index (χ3v) is 7.18. The number of allylic oxidation sites excluding steroid dienone is 2. The molecule has 0 bridgehead atoms. The summed E-state index contributed by atoms with van der Waals surface area (Å²) in [4.78, 5) is 0. The highest BCUT2D eigenvalue weighted by Crippen LogP contribution is 2.13. The average Bonchev–Trinajstić information content (AvgIpc) is 2.93. The summed E-state index contributed by atoms with van der Waals surface area (Å²) in [6, 6.07) is 0. The van der Waals surface area contributed by atoms with E-state index in [1.54, 1.807) is 0 Å². The van der Waals surface area contributed by atoms with Gasteiger partial charge in [0.25, 0.3) is 0 Å². The summed E-state index contributed by atoms with van der Waals surface area (Å²) in [7, 11) is -4.67. The largest absolute Gasteiger partial charge is 0.396 e. The van der Waals surface area contributed by atoms with Gasteiger partial charge in [-0.1, -0.05) is 167 Å². The number of aliphatic hydroxyl groups excluding tert-OH is 2. The molecule has 41 heavy (non-hydrogen) atoms. The van der Waals surface area contributed by atoms with Crippen LogP contribution in [0.2, 0.25) is 0 Å². The Bertz CT molecular complexity index is 544. The highest BCUT2D eigenvalue weighted by molar-refractivity contribution is 7.79. The van der Waals surface area contributed by atoms with Crippen LogP contribution in [-0.2, 0) is 10.4 Å². The van der Waals surface area contributed by atoms with Gasteiger partial charge in [0.2, 0.25) is 0 Å². The maximum Gasteiger partial charge on any atom is 0.394 e. The minimum atomic E-state index is -4.67. The lowest BCUT2D eigenvalue weighted by atomic mass is 10.0. The van der Waals surface area contributed by atoms with Crippen LogP contribution in [0.15, 0.2) is 12.2 Å². The van der Waals surface area contributed by atoms with Crippen molar-refractivity contribution < 1.29 is 27.7 Å². The minimum absolute atomic E-state index is 0.362. The number of hydrogen-bond acceptors (Lipinski definition) is 4. The van der Waals surface area contributed by atoms with Crippen molar-refractivity contribution in [3.8, 4) is 0 Å². The summed E-state index contributed by atoms with van der Waals surface area (Å²) in [6.07, 6.45) is 42.4. The first-order valence-corrected chi connectivity index (χ1v) is 18.8. The third-order valence-electron chi connectivity index (χ3n) is 7.18. The summed E-state index contributed by atoms with van der Waals surface area (Å²) in [5, 5.41) is 17.3. The van der Waals surface area contributed by atoms with Gasteiger partial charge in [-0.2, -0.15) is 8.42 Å². The van der Waals surface area contributed by atoms with Crippen LogP contribution in [0.1, 0.15) is 194 Å². The second-order valence-electron chi connectivity index (χ2n) is 11.4. The molecule has 4 N–H and O–H groups in total. The molecule has 0 fully saturated rings. The van der Waals surface area contributed by atoms with Crippen LogP contribution in [0.5, 0.6) is 0 Å². The molecular formula is C34H72O6S. The van der Waals surface area contributed by atoms with Crippen molar-refractivity contribution in [3.05, 3.63) is 12.2 Å². The first kappa shape index (κ1) is 45.0. The lowest BCUT2D eigenvalue weighted by Gasteiger charge is -2.02. The Balaban J connectivity index is -0.000000606. The zero-order valence-electron chi connectivity index (χ0n) is 27.4. The first-order chi connectivity index (χ1) is 19.8. The fourth-order valence-electron chi connectivity index (χ4n) is 4.67. The Hall–Kier alpha value is -0.470. The molecule has 0 heterocycles. The Kier molecular flexibility index (Phi) is 45.7. The normalized spacial score (nSPS) is 11.3. The zero-order chi connectivity index (χ0) is 31.1. The second-order valence-corrected chi connectivity index (χ2v) is 12.3. The molecule has 0 unspecified atom stereocenters. The van der Waals surface area contributed by atoms with Gasteiger partial charge < -0.3 is 10.2 Å². The van der Waals surface area contributed by atoms with E-state index in [1.807, 2.05) is 0 Å². The number of hydrogen-bond donors (Lipinski definition) is 4. The lowest BCUT2D eigenvalue weighted by Crippen LogP contribution is -1.89. The zero-order valence-corrected chi connectivity index (χ0v) is 28.2. The standard InChI is InChI=1S/C18H36O.C16H34O.H2O4S/c1-2-3-4-5-6-7-8-9-10-11-12-13-14-15-16-17-18-19;1-2-3-4-5-6-7-8-9-10-11-12-13-14-15-16-17;1-5(2,3)4/h9-10,19H,2-8,11-18H2,1H3;17H,2-16H2,1H3;(H2,1,2,3,4)/b10-9-;;. The van der Waals surface area contributed by atoms with E-state index in [9.17, 15) is 0 Å². The fourth-order valence-corrected chi connectivity index (χ4v) is 4.67. The topological polar surface area (TPSA) is 115 Å². The maximum atomic E-state index is 8.74. The highest BCUT2D eigenvalue weighted by atomic mass is 32.3. The molecule has 0 amide bonds. The van der Waals surface area contributed by atoms with Crippen molar-refractivity contribution in [2.24, 2.45) is 0 Å². The number of rotatable bonds is 29. The Morgan fingerprint density at radius 3 is 0.805 bits per heavy atom. The molecule has 0 aromatic heterocycles. The van der Waals surface area contributed by atoms with Gasteiger partial charge >= 0.3 is 10.4 Å². The summed E-state index contributed by atoms with van der Waals surface area (Å²) >= 11 is 0. The van der Waals surface area contributed by atoms with E-state index in [2.05, 4.69) is 26.0 Å². The summed E-state index contributed by atoms with van der Waals surface area (Å²) in [5.41, 5.74) is 0. The van der Waals surface area contributed by atoms with E-state index in [-0.39, 0.29) is 0 Å². The van der Waals surface area contributed by atoms with Crippen LogP contribution < -0.4 is 0 Å². The Morgan fingerprint density at radius 1 is 0.390 bits per heavy atom. The molecule has 6 nitrogen and oxygen atoms in total. The van der Waals surface area contributed by atoms with E-state index in [4.69, 9.17) is 27.7 Å². The molecule has 250 valence electrons. The smallest absolute Gasteiger partial charge is 0.394 e. The van der Waals surface area contributed by atoms with Gasteiger partial charge in [0.05, 0.1) is 0 Å². The van der Waals surface area contributed by atoms with Crippen LogP contribution in [0, 0.1) is 0 Å². The fraction of sp³-hybridized carbons (Fsp3) is 0.941. The van der Waals surface area contributed by atoms with Gasteiger partial charge in [0.1, 0.15) is 0 Å². The van der Waals surface area contributed by atoms with Gasteiger partial charge in [-0.15, -0.1) is 0 Å². The molecule has 0 saturated carbocycles. The average molecular weight is 609 g/mol. The molecule has 0 radical (unpaired) electrons. The molecule has 0 aromatic carbocycles. The van der Waals surface area contributed by atoms with Crippen LogP contribution in [0.25, 0.3) is 0 Å². The molecule has 0 saturated heterocycles. The number of aliphatic hydroxyl groups is 2. The van der Waals surface area contributed by atoms with Gasteiger partial charge in [0.15, 0.2) is 0 Å². The molecule has 0 aromatic rings. The quantitative estimate of drug-likeness (QED) is 0.0381. The van der Waals surface area contributed by atoms with Gasteiger partial charge in [0, 0.05) is 13.2 Å². The molecule has 0 aliphatic heterocycles. The molecule has 0 rings (SSSR count). The predicted octanol–water partition coefficient (Wildman–Crippen LogP) is 10.8. The molecule has 7 heteroatoms. The van der Waals surface area contributed by atoms with Crippen molar-refractivity contribution in [2.75, 3.05) is 13.2 Å². The third kappa shape index (κ3) is 63.8. The summed E-state index contributed by atoms with van der Waals surface area (Å²) < 4.78 is 31.6. The van der Waals surface area contributed by atoms with E-state index in [1.165, 1.54) is 167 Å². The highest BCUT2D eigenvalue weighted by Gasteiger charge is 1.94. The van der Waals surface area contributed by atoms with Crippen LogP contribution in [-0.4, -0.2) is 41.0 Å². The van der Waals surface area contributed by atoms with Crippen molar-refractivity contribution in [2.45, 2.75) is 194 Å². The van der Waals surface area contributed by atoms with E-state index in [0.29, 0.717) is 13.2 Å². The maximum absolute atomic E-state index is 8.74. The minimum Gasteiger partial charge on any atom is -0.396 e. The van der Waals surface area contributed by atoms with Gasteiger partial charge in [-0.3, -0.25) is 9.11 Å². The summed E-state index contributed by atoms with van der Waals surface area (Å²) in [6.45, 7) is 5.29. The second kappa shape index (κ2) is 41.7. The van der Waals surface area contributed by atoms with Crippen molar-refractivity contribution in [3.63, 3.8) is 0 Å². The summed E-state index contributed by atoms with van der Waals surface area (Å²) in [5.74, 6) is 0. The van der Waals surface area contributed by atoms with Gasteiger partial charge in [-0.05, 0) is 38.5 Å². The van der Waals surface area contributed by atoms with Crippen LogP contribution >= 0.6 is 0 Å². The van der Waals surface area contributed by atoms with Crippen molar-refractivity contribution in [1.82, 2.24) is 0 Å². The van der Waals surface area contributed by atoms with Crippen LogP contribution in [0.4, 0.5) is 0 Å². The number of unbranched alkanes of at least 4 members (excludes halogenated alkanes) is 25. The van der Waals surface area contributed by atoms with E-state index in [0.717, 1.165) is 12.8 Å². The van der Waals surface area contributed by atoms with Crippen molar-refractivity contribution in [1.29, 1.82) is 0 Å². The molecule has 0 aliphatic carbocycles. The first-order valence-electron chi connectivity index (χ1n) is 17.4. The SMILES string of the molecule is CCCCCCCC/C=C\CCCCCCCCO.CCCCCCCCCCCCCCCCO.O=S(=O)(O)O. The molecular weight excluding hydrogens is 536 g/mol.